The molecule has 3 aromatic rings. The van der Waals surface area contributed by atoms with Crippen LogP contribution in [0.15, 0.2) is 77.4 Å². The van der Waals surface area contributed by atoms with E-state index in [0.717, 1.165) is 11.1 Å². The second-order valence-corrected chi connectivity index (χ2v) is 8.27. The standard InChI is InChI=1S/C25H23NO5S/c1-30-18-11-10-16(15-19(18)31-2)12-13-26-22(17-7-4-3-5-8-17)21(24(28)25(26)29)23(27)20-9-6-14-32-20/h3-11,14-15,22,28H,12-13H2,1-2H3. The van der Waals surface area contributed by atoms with Crippen molar-refractivity contribution in [2.75, 3.05) is 20.8 Å². The molecule has 0 bridgehead atoms. The van der Waals surface area contributed by atoms with Gasteiger partial charge in [0.15, 0.2) is 17.3 Å². The number of hydrogen-bond acceptors (Lipinski definition) is 6. The third-order valence-electron chi connectivity index (χ3n) is 5.50. The number of ether oxygens (including phenoxy) is 2. The quantitative estimate of drug-likeness (QED) is 0.509. The molecule has 0 saturated heterocycles. The molecular weight excluding hydrogens is 426 g/mol. The number of ketones is 1. The fraction of sp³-hybridized carbons (Fsp3) is 0.200. The predicted octanol–water partition coefficient (Wildman–Crippen LogP) is 4.59. The molecule has 32 heavy (non-hydrogen) atoms. The van der Waals surface area contributed by atoms with Crippen LogP contribution in [0.4, 0.5) is 0 Å². The number of aliphatic hydroxyl groups excluding tert-OH is 1. The van der Waals surface area contributed by atoms with Crippen LogP contribution in [0.5, 0.6) is 11.5 Å². The van der Waals surface area contributed by atoms with E-state index >= 15 is 0 Å². The SMILES string of the molecule is COc1ccc(CCN2C(=O)C(O)=C(C(=O)c3cccs3)C2c2ccccc2)cc1OC. The summed E-state index contributed by atoms with van der Waals surface area (Å²) in [5.74, 6) is -0.122. The molecule has 4 rings (SSSR count). The van der Waals surface area contributed by atoms with E-state index in [4.69, 9.17) is 9.47 Å². The molecule has 1 aliphatic rings. The van der Waals surface area contributed by atoms with Crippen molar-refractivity contribution in [1.29, 1.82) is 0 Å². The first-order valence-electron chi connectivity index (χ1n) is 10.1. The van der Waals surface area contributed by atoms with Crippen LogP contribution in [-0.2, 0) is 11.2 Å². The molecule has 1 amide bonds. The molecule has 1 aliphatic heterocycles. The summed E-state index contributed by atoms with van der Waals surface area (Å²) in [5, 5.41) is 12.5. The van der Waals surface area contributed by atoms with Crippen molar-refractivity contribution < 1.29 is 24.2 Å². The van der Waals surface area contributed by atoms with Crippen LogP contribution in [-0.4, -0.2) is 42.5 Å². The summed E-state index contributed by atoms with van der Waals surface area (Å²) in [6.45, 7) is 0.319. The average Bonchev–Trinajstić information content (AvgIpc) is 3.45. The van der Waals surface area contributed by atoms with E-state index in [9.17, 15) is 14.7 Å². The third kappa shape index (κ3) is 3.99. The summed E-state index contributed by atoms with van der Waals surface area (Å²) >= 11 is 1.29. The van der Waals surface area contributed by atoms with Crippen LogP contribution < -0.4 is 9.47 Å². The van der Waals surface area contributed by atoms with Gasteiger partial charge in [-0.25, -0.2) is 0 Å². The molecule has 0 aliphatic carbocycles. The number of aliphatic hydroxyl groups is 1. The minimum atomic E-state index is -0.654. The highest BCUT2D eigenvalue weighted by atomic mass is 32.1. The van der Waals surface area contributed by atoms with Gasteiger partial charge in [-0.15, -0.1) is 11.3 Å². The van der Waals surface area contributed by atoms with Crippen molar-refractivity contribution in [2.24, 2.45) is 0 Å². The van der Waals surface area contributed by atoms with E-state index in [1.54, 1.807) is 36.6 Å². The van der Waals surface area contributed by atoms with Crippen molar-refractivity contribution in [3.8, 4) is 11.5 Å². The highest BCUT2D eigenvalue weighted by Gasteiger charge is 2.43. The molecule has 1 aromatic heterocycles. The fourth-order valence-corrected chi connectivity index (χ4v) is 4.60. The highest BCUT2D eigenvalue weighted by molar-refractivity contribution is 7.12. The molecule has 1 atom stereocenters. The molecule has 6 nitrogen and oxygen atoms in total. The van der Waals surface area contributed by atoms with E-state index in [1.807, 2.05) is 48.5 Å². The number of methoxy groups -OCH3 is 2. The van der Waals surface area contributed by atoms with Crippen LogP contribution >= 0.6 is 11.3 Å². The molecule has 1 unspecified atom stereocenters. The van der Waals surface area contributed by atoms with E-state index in [-0.39, 0.29) is 11.4 Å². The zero-order chi connectivity index (χ0) is 22.7. The summed E-state index contributed by atoms with van der Waals surface area (Å²) < 4.78 is 10.7. The number of carbonyl (C=O) groups excluding carboxylic acids is 2. The molecule has 164 valence electrons. The van der Waals surface area contributed by atoms with E-state index in [2.05, 4.69) is 0 Å². The van der Waals surface area contributed by atoms with E-state index < -0.39 is 17.7 Å². The first-order chi connectivity index (χ1) is 15.5. The van der Waals surface area contributed by atoms with Crippen molar-refractivity contribution >= 4 is 23.0 Å². The summed E-state index contributed by atoms with van der Waals surface area (Å²) in [5.41, 5.74) is 1.84. The Morgan fingerprint density at radius 2 is 1.78 bits per heavy atom. The van der Waals surface area contributed by atoms with Gasteiger partial charge in [-0.05, 0) is 41.1 Å². The normalized spacial score (nSPS) is 15.9. The number of thiophene rings is 1. The Labute approximate surface area is 190 Å². The van der Waals surface area contributed by atoms with Gasteiger partial charge in [0.25, 0.3) is 5.91 Å². The molecule has 0 spiro atoms. The summed E-state index contributed by atoms with van der Waals surface area (Å²) in [6, 6.07) is 17.7. The van der Waals surface area contributed by atoms with Gasteiger partial charge in [-0.2, -0.15) is 0 Å². The maximum Gasteiger partial charge on any atom is 0.290 e. The number of nitrogens with zero attached hydrogens (tertiary/aromatic N) is 1. The Bertz CT molecular complexity index is 1150. The number of rotatable bonds is 8. The highest BCUT2D eigenvalue weighted by Crippen LogP contribution is 2.39. The lowest BCUT2D eigenvalue weighted by molar-refractivity contribution is -0.129. The maximum atomic E-state index is 13.2. The van der Waals surface area contributed by atoms with Crippen molar-refractivity contribution in [1.82, 2.24) is 4.90 Å². The van der Waals surface area contributed by atoms with Gasteiger partial charge in [0.2, 0.25) is 5.78 Å². The number of carbonyl (C=O) groups is 2. The van der Waals surface area contributed by atoms with Crippen LogP contribution in [0.25, 0.3) is 0 Å². The van der Waals surface area contributed by atoms with Crippen LogP contribution in [0.1, 0.15) is 26.8 Å². The average molecular weight is 450 g/mol. The predicted molar refractivity (Wildman–Crippen MR) is 122 cm³/mol. The monoisotopic (exact) mass is 449 g/mol. The van der Waals surface area contributed by atoms with E-state index in [1.165, 1.54) is 11.3 Å². The van der Waals surface area contributed by atoms with Crippen molar-refractivity contribution in [3.05, 3.63) is 93.4 Å². The zero-order valence-corrected chi connectivity index (χ0v) is 18.6. The number of benzene rings is 2. The number of Topliss-reactive ketones (excluding diaryl/α,β-unsaturated/α-hetero) is 1. The molecule has 0 radical (unpaired) electrons. The molecular formula is C25H23NO5S. The summed E-state index contributed by atoms with van der Waals surface area (Å²) in [6.07, 6.45) is 0.517. The smallest absolute Gasteiger partial charge is 0.290 e. The molecule has 1 N–H and O–H groups in total. The van der Waals surface area contributed by atoms with Gasteiger partial charge in [-0.3, -0.25) is 9.59 Å². The van der Waals surface area contributed by atoms with Gasteiger partial charge < -0.3 is 19.5 Å². The maximum absolute atomic E-state index is 13.2. The summed E-state index contributed by atoms with van der Waals surface area (Å²) in [4.78, 5) is 28.3. The molecule has 2 heterocycles. The van der Waals surface area contributed by atoms with Gasteiger partial charge in [-0.1, -0.05) is 42.5 Å². The minimum absolute atomic E-state index is 0.121. The Morgan fingerprint density at radius 1 is 1.03 bits per heavy atom. The molecule has 2 aromatic carbocycles. The van der Waals surface area contributed by atoms with Crippen molar-refractivity contribution in [2.45, 2.75) is 12.5 Å². The summed E-state index contributed by atoms with van der Waals surface area (Å²) in [7, 11) is 3.15. The molecule has 0 saturated carbocycles. The lowest BCUT2D eigenvalue weighted by Crippen LogP contribution is -2.33. The van der Waals surface area contributed by atoms with Crippen LogP contribution in [0.2, 0.25) is 0 Å². The third-order valence-corrected chi connectivity index (χ3v) is 6.37. The second-order valence-electron chi connectivity index (χ2n) is 7.32. The Hall–Kier alpha value is -3.58. The number of hydrogen-bond donors (Lipinski definition) is 1. The van der Waals surface area contributed by atoms with Gasteiger partial charge in [0, 0.05) is 6.54 Å². The first kappa shape index (κ1) is 21.6. The van der Waals surface area contributed by atoms with Crippen LogP contribution in [0.3, 0.4) is 0 Å². The van der Waals surface area contributed by atoms with Gasteiger partial charge in [0.05, 0.1) is 30.7 Å². The largest absolute Gasteiger partial charge is 0.503 e. The molecule has 0 fully saturated rings. The topological polar surface area (TPSA) is 76.1 Å². The van der Waals surface area contributed by atoms with Crippen LogP contribution in [0, 0.1) is 0 Å². The lowest BCUT2D eigenvalue weighted by atomic mass is 9.95. The lowest BCUT2D eigenvalue weighted by Gasteiger charge is -2.27. The Balaban J connectivity index is 1.66. The first-order valence-corrected chi connectivity index (χ1v) is 11.0. The van der Waals surface area contributed by atoms with E-state index in [0.29, 0.717) is 29.3 Å². The zero-order valence-electron chi connectivity index (χ0n) is 17.8. The fourth-order valence-electron chi connectivity index (χ4n) is 3.92. The second kappa shape index (κ2) is 9.28. The number of amides is 1. The Morgan fingerprint density at radius 3 is 2.44 bits per heavy atom. The van der Waals surface area contributed by atoms with Gasteiger partial charge in [0.1, 0.15) is 0 Å². The van der Waals surface area contributed by atoms with Gasteiger partial charge >= 0.3 is 0 Å². The molecule has 7 heteroatoms. The minimum Gasteiger partial charge on any atom is -0.503 e. The Kier molecular flexibility index (Phi) is 6.28. The van der Waals surface area contributed by atoms with Crippen molar-refractivity contribution in [3.63, 3.8) is 0 Å².